The molecule has 8 heteroatoms. The second kappa shape index (κ2) is 7.03. The fraction of sp³-hybridized carbons (Fsp3) is 0.0435. The molecule has 3 aromatic carbocycles. The zero-order valence-corrected chi connectivity index (χ0v) is 17.3. The lowest BCUT2D eigenvalue weighted by atomic mass is 10.1. The molecule has 0 saturated carbocycles. The topological polar surface area (TPSA) is 81.0 Å². The summed E-state index contributed by atoms with van der Waals surface area (Å²) >= 11 is 1.51. The van der Waals surface area contributed by atoms with Crippen molar-refractivity contribution in [1.82, 2.24) is 30.0 Å². The van der Waals surface area contributed by atoms with Crippen molar-refractivity contribution >= 4 is 27.1 Å². The van der Waals surface area contributed by atoms with E-state index in [4.69, 9.17) is 9.84 Å². The lowest BCUT2D eigenvalue weighted by Gasteiger charge is -2.00. The first kappa shape index (κ1) is 17.8. The SMILES string of the molecule is COc1ccc(-c2cc(-c3nnc4sc(-c5ccc6ccccc6c5)nn34)[nH]n2)cc1. The Kier molecular flexibility index (Phi) is 4.03. The Bertz CT molecular complexity index is 1530. The Morgan fingerprint density at radius 1 is 0.871 bits per heavy atom. The number of aromatic nitrogens is 6. The maximum absolute atomic E-state index is 5.22. The molecule has 0 saturated heterocycles. The van der Waals surface area contributed by atoms with Crippen molar-refractivity contribution in [1.29, 1.82) is 0 Å². The normalized spacial score (nSPS) is 11.4. The molecule has 3 heterocycles. The summed E-state index contributed by atoms with van der Waals surface area (Å²) in [5.74, 6) is 1.44. The molecule has 0 aliphatic carbocycles. The lowest BCUT2D eigenvalue weighted by Crippen LogP contribution is -1.91. The Balaban J connectivity index is 1.37. The first-order valence-corrected chi connectivity index (χ1v) is 10.5. The minimum atomic E-state index is 0.630. The minimum absolute atomic E-state index is 0.630. The Morgan fingerprint density at radius 3 is 2.52 bits per heavy atom. The van der Waals surface area contributed by atoms with Crippen LogP contribution in [-0.4, -0.2) is 37.1 Å². The highest BCUT2D eigenvalue weighted by molar-refractivity contribution is 7.19. The molecule has 0 radical (unpaired) electrons. The smallest absolute Gasteiger partial charge is 0.235 e. The van der Waals surface area contributed by atoms with Crippen molar-refractivity contribution in [3.05, 3.63) is 72.8 Å². The quantitative estimate of drug-likeness (QED) is 0.427. The van der Waals surface area contributed by atoms with Gasteiger partial charge in [-0.15, -0.1) is 10.2 Å². The van der Waals surface area contributed by atoms with Gasteiger partial charge in [-0.2, -0.15) is 14.7 Å². The van der Waals surface area contributed by atoms with Crippen LogP contribution in [0.25, 0.3) is 49.1 Å². The molecular formula is C23H16N6OS. The zero-order valence-electron chi connectivity index (χ0n) is 16.5. The molecule has 0 fully saturated rings. The van der Waals surface area contributed by atoms with Crippen LogP contribution < -0.4 is 4.74 Å². The van der Waals surface area contributed by atoms with Gasteiger partial charge >= 0.3 is 0 Å². The summed E-state index contributed by atoms with van der Waals surface area (Å²) in [6.45, 7) is 0. The maximum atomic E-state index is 5.22. The monoisotopic (exact) mass is 424 g/mol. The van der Waals surface area contributed by atoms with Gasteiger partial charge in [0.1, 0.15) is 16.5 Å². The number of H-pyrrole nitrogens is 1. The van der Waals surface area contributed by atoms with Gasteiger partial charge < -0.3 is 4.74 Å². The van der Waals surface area contributed by atoms with Gasteiger partial charge in [-0.1, -0.05) is 47.7 Å². The highest BCUT2D eigenvalue weighted by atomic mass is 32.1. The van der Waals surface area contributed by atoms with Gasteiger partial charge in [-0.05, 0) is 47.2 Å². The van der Waals surface area contributed by atoms with E-state index in [1.54, 1.807) is 11.6 Å². The number of nitrogens with one attached hydrogen (secondary N) is 1. The maximum Gasteiger partial charge on any atom is 0.235 e. The first-order chi connectivity index (χ1) is 15.3. The third kappa shape index (κ3) is 3.04. The van der Waals surface area contributed by atoms with Crippen LogP contribution in [0.5, 0.6) is 5.75 Å². The number of rotatable bonds is 4. The molecular weight excluding hydrogens is 408 g/mol. The average molecular weight is 424 g/mol. The van der Waals surface area contributed by atoms with E-state index in [1.165, 1.54) is 22.1 Å². The standard InChI is InChI=1S/C23H16N6OS/c1-30-18-10-8-15(9-11-18)19-13-20(25-24-19)21-26-27-23-29(21)28-22(31-23)17-7-6-14-4-2-3-5-16(14)12-17/h2-13H,1H3,(H,24,25). The van der Waals surface area contributed by atoms with Gasteiger partial charge in [0, 0.05) is 11.1 Å². The number of fused-ring (bicyclic) bond motifs is 2. The Morgan fingerprint density at radius 2 is 1.68 bits per heavy atom. The van der Waals surface area contributed by atoms with Gasteiger partial charge in [-0.25, -0.2) is 0 Å². The van der Waals surface area contributed by atoms with Gasteiger partial charge in [-0.3, -0.25) is 5.10 Å². The van der Waals surface area contributed by atoms with Crippen molar-refractivity contribution < 1.29 is 4.74 Å². The van der Waals surface area contributed by atoms with Crippen LogP contribution in [0.1, 0.15) is 0 Å². The molecule has 0 spiro atoms. The molecule has 150 valence electrons. The summed E-state index contributed by atoms with van der Waals surface area (Å²) in [7, 11) is 1.65. The molecule has 31 heavy (non-hydrogen) atoms. The highest BCUT2D eigenvalue weighted by Gasteiger charge is 2.17. The van der Waals surface area contributed by atoms with Gasteiger partial charge in [0.15, 0.2) is 0 Å². The summed E-state index contributed by atoms with van der Waals surface area (Å²) in [5.41, 5.74) is 3.62. The number of hydrogen-bond acceptors (Lipinski definition) is 6. The molecule has 6 rings (SSSR count). The molecule has 0 aliphatic rings. The van der Waals surface area contributed by atoms with Crippen LogP contribution in [0, 0.1) is 0 Å². The average Bonchev–Trinajstić information content (AvgIpc) is 3.55. The summed E-state index contributed by atoms with van der Waals surface area (Å²) in [6.07, 6.45) is 0. The second-order valence-electron chi connectivity index (χ2n) is 7.08. The molecule has 7 nitrogen and oxygen atoms in total. The summed E-state index contributed by atoms with van der Waals surface area (Å²) < 4.78 is 6.99. The number of nitrogens with zero attached hydrogens (tertiary/aromatic N) is 5. The number of ether oxygens (including phenoxy) is 1. The number of benzene rings is 3. The number of hydrogen-bond donors (Lipinski definition) is 1. The molecule has 0 atom stereocenters. The van der Waals surface area contributed by atoms with E-state index in [0.717, 1.165) is 38.2 Å². The van der Waals surface area contributed by atoms with Crippen molar-refractivity contribution in [3.63, 3.8) is 0 Å². The number of methoxy groups -OCH3 is 1. The zero-order chi connectivity index (χ0) is 20.8. The van der Waals surface area contributed by atoms with Gasteiger partial charge in [0.2, 0.25) is 10.8 Å². The Hall–Kier alpha value is -4.04. The van der Waals surface area contributed by atoms with Gasteiger partial charge in [0.25, 0.3) is 0 Å². The summed E-state index contributed by atoms with van der Waals surface area (Å²) in [6, 6.07) is 24.4. The van der Waals surface area contributed by atoms with Crippen molar-refractivity contribution in [2.75, 3.05) is 7.11 Å². The third-order valence-electron chi connectivity index (χ3n) is 5.19. The molecule has 0 aliphatic heterocycles. The van der Waals surface area contributed by atoms with E-state index in [1.807, 2.05) is 42.5 Å². The van der Waals surface area contributed by atoms with Crippen LogP contribution in [0.3, 0.4) is 0 Å². The summed E-state index contributed by atoms with van der Waals surface area (Å²) in [5, 5.41) is 24.2. The largest absolute Gasteiger partial charge is 0.497 e. The van der Waals surface area contributed by atoms with Gasteiger partial charge in [0.05, 0.1) is 12.8 Å². The van der Waals surface area contributed by atoms with Crippen LogP contribution in [0.15, 0.2) is 72.8 Å². The fourth-order valence-corrected chi connectivity index (χ4v) is 4.41. The van der Waals surface area contributed by atoms with Crippen LogP contribution in [-0.2, 0) is 0 Å². The van der Waals surface area contributed by atoms with E-state index < -0.39 is 0 Å². The van der Waals surface area contributed by atoms with Crippen molar-refractivity contribution in [2.24, 2.45) is 0 Å². The second-order valence-corrected chi connectivity index (χ2v) is 8.04. The Labute approximate surface area is 181 Å². The van der Waals surface area contributed by atoms with E-state index >= 15 is 0 Å². The molecule has 0 unspecified atom stereocenters. The van der Waals surface area contributed by atoms with E-state index in [-0.39, 0.29) is 0 Å². The number of aromatic amines is 1. The summed E-state index contributed by atoms with van der Waals surface area (Å²) in [4.78, 5) is 0.735. The lowest BCUT2D eigenvalue weighted by molar-refractivity contribution is 0.415. The first-order valence-electron chi connectivity index (χ1n) is 9.70. The molecule has 3 aromatic heterocycles. The van der Waals surface area contributed by atoms with Crippen LogP contribution in [0.2, 0.25) is 0 Å². The van der Waals surface area contributed by atoms with Crippen LogP contribution in [0.4, 0.5) is 0 Å². The fourth-order valence-electron chi connectivity index (χ4n) is 3.57. The van der Waals surface area contributed by atoms with E-state index in [0.29, 0.717) is 5.82 Å². The predicted octanol–water partition coefficient (Wildman–Crippen LogP) is 5.07. The van der Waals surface area contributed by atoms with Crippen molar-refractivity contribution in [2.45, 2.75) is 0 Å². The molecule has 1 N–H and O–H groups in total. The van der Waals surface area contributed by atoms with E-state index in [2.05, 4.69) is 50.7 Å². The molecule has 6 aromatic rings. The van der Waals surface area contributed by atoms with Crippen LogP contribution >= 0.6 is 11.3 Å². The minimum Gasteiger partial charge on any atom is -0.497 e. The molecule has 0 amide bonds. The third-order valence-corrected chi connectivity index (χ3v) is 6.14. The van der Waals surface area contributed by atoms with E-state index in [9.17, 15) is 0 Å². The predicted molar refractivity (Wildman–Crippen MR) is 121 cm³/mol. The molecule has 0 bridgehead atoms. The van der Waals surface area contributed by atoms with Crippen molar-refractivity contribution in [3.8, 4) is 39.1 Å². The highest BCUT2D eigenvalue weighted by Crippen LogP contribution is 2.31.